The lowest BCUT2D eigenvalue weighted by Gasteiger charge is -2.13. The molecule has 7 nitrogen and oxygen atoms in total. The Hall–Kier alpha value is -3.22. The monoisotopic (exact) mass is 337 g/mol. The second kappa shape index (κ2) is 6.72. The van der Waals surface area contributed by atoms with Crippen LogP contribution in [0.2, 0.25) is 0 Å². The fourth-order valence-corrected chi connectivity index (χ4v) is 2.10. The summed E-state index contributed by atoms with van der Waals surface area (Å²) in [6.07, 6.45) is 7.81. The minimum Gasteiger partial charge on any atom is -0.465 e. The van der Waals surface area contributed by atoms with Crippen molar-refractivity contribution in [2.75, 3.05) is 5.32 Å². The van der Waals surface area contributed by atoms with E-state index in [0.29, 0.717) is 17.5 Å². The molecule has 7 heteroatoms. The Kier molecular flexibility index (Phi) is 4.47. The molecule has 3 aromatic rings. The molecule has 25 heavy (non-hydrogen) atoms. The third-order valence-corrected chi connectivity index (χ3v) is 3.41. The molecule has 0 saturated carbocycles. The quantitative estimate of drug-likeness (QED) is 0.739. The number of hydrogen-bond acceptors (Lipinski definition) is 5. The summed E-state index contributed by atoms with van der Waals surface area (Å²) in [6, 6.07) is 7.08. The van der Waals surface area contributed by atoms with Crippen LogP contribution in [0.1, 0.15) is 32.2 Å². The van der Waals surface area contributed by atoms with Crippen LogP contribution in [0.4, 0.5) is 5.82 Å². The zero-order chi connectivity index (χ0) is 17.9. The number of aromatic nitrogens is 4. The number of furan rings is 1. The summed E-state index contributed by atoms with van der Waals surface area (Å²) < 4.78 is 6.70. The van der Waals surface area contributed by atoms with E-state index in [2.05, 4.69) is 20.4 Å². The van der Waals surface area contributed by atoms with Gasteiger partial charge in [0.1, 0.15) is 11.6 Å². The molecule has 3 heterocycles. The molecule has 0 spiro atoms. The fourth-order valence-electron chi connectivity index (χ4n) is 2.10. The molecule has 0 atom stereocenters. The van der Waals surface area contributed by atoms with Crippen molar-refractivity contribution in [3.05, 3.63) is 60.5 Å². The Morgan fingerprint density at radius 3 is 2.64 bits per heavy atom. The van der Waals surface area contributed by atoms with Gasteiger partial charge in [-0.3, -0.25) is 4.79 Å². The summed E-state index contributed by atoms with van der Waals surface area (Å²) in [5.41, 5.74) is 0.647. The lowest BCUT2D eigenvalue weighted by molar-refractivity contribution is -0.111. The molecule has 0 aliphatic carbocycles. The van der Waals surface area contributed by atoms with E-state index in [0.717, 1.165) is 5.69 Å². The Morgan fingerprint density at radius 1 is 1.24 bits per heavy atom. The van der Waals surface area contributed by atoms with E-state index >= 15 is 0 Å². The molecule has 0 aliphatic heterocycles. The van der Waals surface area contributed by atoms with E-state index in [-0.39, 0.29) is 11.3 Å². The first-order valence-corrected chi connectivity index (χ1v) is 7.84. The van der Waals surface area contributed by atoms with Crippen LogP contribution >= 0.6 is 0 Å². The molecule has 1 N–H and O–H groups in total. The van der Waals surface area contributed by atoms with E-state index < -0.39 is 0 Å². The summed E-state index contributed by atoms with van der Waals surface area (Å²) >= 11 is 0. The van der Waals surface area contributed by atoms with E-state index in [4.69, 9.17) is 4.42 Å². The number of anilines is 1. The van der Waals surface area contributed by atoms with E-state index in [1.807, 2.05) is 26.8 Å². The number of nitrogens with one attached hydrogen (secondary N) is 1. The van der Waals surface area contributed by atoms with E-state index in [1.54, 1.807) is 42.9 Å². The molecule has 0 aliphatic rings. The largest absolute Gasteiger partial charge is 0.465 e. The van der Waals surface area contributed by atoms with Crippen LogP contribution in [0.3, 0.4) is 0 Å². The lowest BCUT2D eigenvalue weighted by Crippen LogP contribution is -2.14. The lowest BCUT2D eigenvalue weighted by atomic mass is 9.92. The van der Waals surface area contributed by atoms with Crippen molar-refractivity contribution in [2.24, 2.45) is 0 Å². The maximum atomic E-state index is 12.2. The van der Waals surface area contributed by atoms with Crippen LogP contribution < -0.4 is 5.32 Å². The predicted molar refractivity (Wildman–Crippen MR) is 94.2 cm³/mol. The number of carbonyl (C=O) groups excluding carboxylic acids is 1. The average Bonchev–Trinajstić information content (AvgIpc) is 3.23. The first-order valence-electron chi connectivity index (χ1n) is 7.84. The second-order valence-corrected chi connectivity index (χ2v) is 6.46. The zero-order valence-electron chi connectivity index (χ0n) is 14.3. The van der Waals surface area contributed by atoms with Gasteiger partial charge in [-0.25, -0.2) is 9.97 Å². The topological polar surface area (TPSA) is 85.8 Å². The van der Waals surface area contributed by atoms with Crippen molar-refractivity contribution in [3.8, 4) is 5.95 Å². The summed E-state index contributed by atoms with van der Waals surface area (Å²) in [5, 5.41) is 7.37. The van der Waals surface area contributed by atoms with Crippen LogP contribution in [-0.2, 0) is 10.2 Å². The summed E-state index contributed by atoms with van der Waals surface area (Å²) in [7, 11) is 0. The second-order valence-electron chi connectivity index (χ2n) is 6.46. The molecule has 1 amide bonds. The van der Waals surface area contributed by atoms with Gasteiger partial charge in [-0.15, -0.1) is 0 Å². The third kappa shape index (κ3) is 4.00. The molecular formula is C18H19N5O2. The first-order chi connectivity index (χ1) is 11.9. The zero-order valence-corrected chi connectivity index (χ0v) is 14.3. The van der Waals surface area contributed by atoms with Gasteiger partial charge in [0.25, 0.3) is 5.95 Å². The molecule has 0 unspecified atom stereocenters. The van der Waals surface area contributed by atoms with E-state index in [9.17, 15) is 4.79 Å². The molecule has 0 bridgehead atoms. The highest BCUT2D eigenvalue weighted by Gasteiger charge is 2.22. The van der Waals surface area contributed by atoms with Gasteiger partial charge in [0.15, 0.2) is 0 Å². The molecule has 3 aromatic heterocycles. The Bertz CT molecular complexity index is 874. The first kappa shape index (κ1) is 16.6. The van der Waals surface area contributed by atoms with Crippen molar-refractivity contribution < 1.29 is 9.21 Å². The van der Waals surface area contributed by atoms with Crippen LogP contribution in [0.15, 0.2) is 53.4 Å². The summed E-state index contributed by atoms with van der Waals surface area (Å²) in [6.45, 7) is 6.15. The van der Waals surface area contributed by atoms with Gasteiger partial charge >= 0.3 is 0 Å². The van der Waals surface area contributed by atoms with Gasteiger partial charge in [0, 0.05) is 30.0 Å². The number of amides is 1. The number of hydrogen-bond donors (Lipinski definition) is 1. The minimum absolute atomic E-state index is 0.177. The fraction of sp³-hybridized carbons (Fsp3) is 0.222. The van der Waals surface area contributed by atoms with Gasteiger partial charge in [0.05, 0.1) is 12.0 Å². The minimum atomic E-state index is -0.297. The van der Waals surface area contributed by atoms with Crippen LogP contribution in [-0.4, -0.2) is 25.7 Å². The molecule has 128 valence electrons. The van der Waals surface area contributed by atoms with Gasteiger partial charge in [-0.1, -0.05) is 20.8 Å². The maximum Gasteiger partial charge on any atom is 0.252 e. The van der Waals surface area contributed by atoms with Crippen LogP contribution in [0.5, 0.6) is 0 Å². The Morgan fingerprint density at radius 2 is 2.00 bits per heavy atom. The smallest absolute Gasteiger partial charge is 0.252 e. The summed E-state index contributed by atoms with van der Waals surface area (Å²) in [4.78, 5) is 20.6. The molecule has 0 radical (unpaired) electrons. The maximum absolute atomic E-state index is 12.2. The molecule has 0 saturated heterocycles. The van der Waals surface area contributed by atoms with Gasteiger partial charge in [-0.05, 0) is 24.3 Å². The third-order valence-electron chi connectivity index (χ3n) is 3.41. The molecule has 0 fully saturated rings. The van der Waals surface area contributed by atoms with Gasteiger partial charge in [-0.2, -0.15) is 9.78 Å². The van der Waals surface area contributed by atoms with Crippen LogP contribution in [0.25, 0.3) is 12.0 Å². The van der Waals surface area contributed by atoms with Crippen molar-refractivity contribution in [2.45, 2.75) is 26.2 Å². The molecule has 3 rings (SSSR count). The standard InChI is InChI=1S/C18H19N5O2/c1-18(2,3)14-12-15(23(22-14)17-19-9-5-10-20-17)21-16(24)8-7-13-6-4-11-25-13/h4-12H,1-3H3,(H,21,24)/b8-7-. The Balaban J connectivity index is 1.89. The van der Waals surface area contributed by atoms with Crippen molar-refractivity contribution in [1.82, 2.24) is 19.7 Å². The van der Waals surface area contributed by atoms with Crippen molar-refractivity contribution in [3.63, 3.8) is 0 Å². The van der Waals surface area contributed by atoms with Crippen molar-refractivity contribution in [1.29, 1.82) is 0 Å². The normalized spacial score (nSPS) is 11.8. The molecule has 0 aromatic carbocycles. The van der Waals surface area contributed by atoms with E-state index in [1.165, 1.54) is 10.8 Å². The number of rotatable bonds is 4. The number of carbonyl (C=O) groups is 1. The highest BCUT2D eigenvalue weighted by Crippen LogP contribution is 2.25. The highest BCUT2D eigenvalue weighted by atomic mass is 16.3. The van der Waals surface area contributed by atoms with Gasteiger partial charge < -0.3 is 9.73 Å². The highest BCUT2D eigenvalue weighted by molar-refractivity contribution is 6.01. The Labute approximate surface area is 145 Å². The van der Waals surface area contributed by atoms with Crippen molar-refractivity contribution >= 4 is 17.8 Å². The van der Waals surface area contributed by atoms with Crippen LogP contribution in [0, 0.1) is 0 Å². The summed E-state index contributed by atoms with van der Waals surface area (Å²) in [5.74, 6) is 1.20. The molecular weight excluding hydrogens is 318 g/mol. The average molecular weight is 337 g/mol. The number of nitrogens with zero attached hydrogens (tertiary/aromatic N) is 4. The SMILES string of the molecule is CC(C)(C)c1cc(NC(=O)/C=C\c2ccco2)n(-c2ncccn2)n1. The van der Waals surface area contributed by atoms with Gasteiger partial charge in [0.2, 0.25) is 5.91 Å². The predicted octanol–water partition coefficient (Wildman–Crippen LogP) is 3.20.